The number of carbonyl (C=O) groups excluding carboxylic acids is 1. The third-order valence-corrected chi connectivity index (χ3v) is 2.54. The molecule has 1 heterocycles. The van der Waals surface area contributed by atoms with E-state index in [-0.39, 0.29) is 11.2 Å². The lowest BCUT2D eigenvalue weighted by atomic mass is 9.84. The monoisotopic (exact) mass is 255 g/mol. The van der Waals surface area contributed by atoms with E-state index in [1.54, 1.807) is 6.92 Å². The summed E-state index contributed by atoms with van der Waals surface area (Å²) < 4.78 is 0.812. The van der Waals surface area contributed by atoms with Crippen molar-refractivity contribution in [3.63, 3.8) is 0 Å². The van der Waals surface area contributed by atoms with Gasteiger partial charge >= 0.3 is 0 Å². The van der Waals surface area contributed by atoms with Gasteiger partial charge in [-0.2, -0.15) is 0 Å². The van der Waals surface area contributed by atoms with Gasteiger partial charge in [0.05, 0.1) is 0 Å². The molecule has 0 aromatic carbocycles. The highest BCUT2D eigenvalue weighted by Crippen LogP contribution is 2.26. The van der Waals surface area contributed by atoms with Crippen LogP contribution in [0.25, 0.3) is 0 Å². The number of hydrogen-bond donors (Lipinski definition) is 0. The molecule has 0 atom stereocenters. The molecule has 1 rings (SSSR count). The normalized spacial score (nSPS) is 11.4. The van der Waals surface area contributed by atoms with Crippen molar-refractivity contribution < 1.29 is 4.79 Å². The number of hydrogen-bond acceptors (Lipinski definition) is 2. The summed E-state index contributed by atoms with van der Waals surface area (Å²) in [7, 11) is 0. The Morgan fingerprint density at radius 2 is 2.14 bits per heavy atom. The Labute approximate surface area is 92.9 Å². The van der Waals surface area contributed by atoms with E-state index in [2.05, 4.69) is 20.9 Å². The van der Waals surface area contributed by atoms with Gasteiger partial charge in [0.25, 0.3) is 0 Å². The Hall–Kier alpha value is -0.700. The first-order chi connectivity index (χ1) is 6.42. The summed E-state index contributed by atoms with van der Waals surface area (Å²) in [5.41, 5.74) is 0.761. The molecule has 14 heavy (non-hydrogen) atoms. The second-order valence-corrected chi connectivity index (χ2v) is 4.92. The summed E-state index contributed by atoms with van der Waals surface area (Å²) in [5, 5.41) is 0. The highest BCUT2D eigenvalue weighted by atomic mass is 79.9. The Morgan fingerprint density at radius 1 is 1.50 bits per heavy atom. The van der Waals surface area contributed by atoms with Crippen LogP contribution in [0.1, 0.15) is 32.9 Å². The molecule has 1 aromatic rings. The van der Waals surface area contributed by atoms with Crippen LogP contribution in [0.3, 0.4) is 0 Å². The molecule has 0 aliphatic heterocycles. The number of halogens is 1. The molecule has 0 radical (unpaired) electrons. The van der Waals surface area contributed by atoms with Gasteiger partial charge in [0, 0.05) is 17.5 Å². The van der Waals surface area contributed by atoms with Crippen molar-refractivity contribution in [3.05, 3.63) is 28.5 Å². The smallest absolute Gasteiger partial charge is 0.130 e. The Bertz CT molecular complexity index is 347. The molecular weight excluding hydrogens is 242 g/mol. The fraction of sp³-hybridized carbons (Fsp3) is 0.455. The molecule has 0 aliphatic carbocycles. The van der Waals surface area contributed by atoms with E-state index in [9.17, 15) is 4.79 Å². The van der Waals surface area contributed by atoms with Crippen LogP contribution in [-0.2, 0) is 10.2 Å². The Balaban J connectivity index is 2.97. The number of nitrogens with zero attached hydrogens (tertiary/aromatic N) is 1. The minimum Gasteiger partial charge on any atom is -0.300 e. The lowest BCUT2D eigenvalue weighted by molar-refractivity contribution is -0.118. The van der Waals surface area contributed by atoms with Crippen LogP contribution in [0, 0.1) is 0 Å². The Kier molecular flexibility index (Phi) is 3.43. The molecule has 76 valence electrons. The number of pyridine rings is 1. The van der Waals surface area contributed by atoms with E-state index < -0.39 is 0 Å². The molecule has 0 N–H and O–H groups in total. The van der Waals surface area contributed by atoms with E-state index in [0.29, 0.717) is 6.42 Å². The summed E-state index contributed by atoms with van der Waals surface area (Å²) in [5.74, 6) is 0.191. The number of ketones is 1. The molecule has 1 aromatic heterocycles. The molecule has 0 fully saturated rings. The van der Waals surface area contributed by atoms with Crippen molar-refractivity contribution in [3.8, 4) is 0 Å². The molecule has 0 amide bonds. The largest absolute Gasteiger partial charge is 0.300 e. The lowest BCUT2D eigenvalue weighted by Gasteiger charge is -2.22. The van der Waals surface area contributed by atoms with Gasteiger partial charge in [-0.25, -0.2) is 4.98 Å². The predicted molar refractivity (Wildman–Crippen MR) is 60.3 cm³/mol. The van der Waals surface area contributed by atoms with Crippen molar-refractivity contribution >= 4 is 21.7 Å². The minimum absolute atomic E-state index is 0.185. The van der Waals surface area contributed by atoms with Crippen molar-refractivity contribution in [1.82, 2.24) is 4.98 Å². The van der Waals surface area contributed by atoms with E-state index >= 15 is 0 Å². The lowest BCUT2D eigenvalue weighted by Crippen LogP contribution is -2.22. The summed E-state index contributed by atoms with van der Waals surface area (Å²) in [4.78, 5) is 15.4. The number of aromatic nitrogens is 1. The zero-order valence-corrected chi connectivity index (χ0v) is 10.3. The van der Waals surface area contributed by atoms with Crippen molar-refractivity contribution in [1.29, 1.82) is 0 Å². The van der Waals surface area contributed by atoms with Crippen LogP contribution >= 0.6 is 15.9 Å². The first kappa shape index (κ1) is 11.4. The first-order valence-electron chi connectivity index (χ1n) is 4.54. The van der Waals surface area contributed by atoms with E-state index in [0.717, 1.165) is 10.3 Å². The van der Waals surface area contributed by atoms with Gasteiger partial charge in [0.1, 0.15) is 10.4 Å². The maximum Gasteiger partial charge on any atom is 0.130 e. The standard InChI is InChI=1S/C11H14BrNO/c1-8(14)7-11(2,3)9-5-4-6-10(12)13-9/h4-6H,7H2,1-3H3. The molecule has 0 bridgehead atoms. The van der Waals surface area contributed by atoms with Crippen molar-refractivity contribution in [2.45, 2.75) is 32.6 Å². The van der Waals surface area contributed by atoms with E-state index in [1.807, 2.05) is 32.0 Å². The molecular formula is C11H14BrNO. The summed E-state index contributed by atoms with van der Waals surface area (Å²) in [6, 6.07) is 5.77. The number of carbonyl (C=O) groups is 1. The average Bonchev–Trinajstić information content (AvgIpc) is 2.01. The Morgan fingerprint density at radius 3 is 2.64 bits per heavy atom. The molecule has 3 heteroatoms. The van der Waals surface area contributed by atoms with Crippen LogP contribution in [0.2, 0.25) is 0 Å². The van der Waals surface area contributed by atoms with E-state index in [4.69, 9.17) is 0 Å². The zero-order chi connectivity index (χ0) is 10.8. The maximum absolute atomic E-state index is 11.1. The molecule has 0 saturated heterocycles. The highest BCUT2D eigenvalue weighted by molar-refractivity contribution is 9.10. The fourth-order valence-corrected chi connectivity index (χ4v) is 1.84. The molecule has 0 spiro atoms. The topological polar surface area (TPSA) is 30.0 Å². The summed E-state index contributed by atoms with van der Waals surface area (Å²) >= 11 is 3.32. The van der Waals surface area contributed by atoms with Gasteiger partial charge in [-0.1, -0.05) is 19.9 Å². The van der Waals surface area contributed by atoms with Gasteiger partial charge in [-0.3, -0.25) is 4.79 Å². The quantitative estimate of drug-likeness (QED) is 0.778. The second-order valence-electron chi connectivity index (χ2n) is 4.11. The van der Waals surface area contributed by atoms with Crippen molar-refractivity contribution in [2.75, 3.05) is 0 Å². The maximum atomic E-state index is 11.1. The molecule has 2 nitrogen and oxygen atoms in total. The van der Waals surface area contributed by atoms with Crippen LogP contribution in [0.5, 0.6) is 0 Å². The average molecular weight is 256 g/mol. The van der Waals surface area contributed by atoms with Crippen LogP contribution < -0.4 is 0 Å². The van der Waals surface area contributed by atoms with Crippen LogP contribution in [-0.4, -0.2) is 10.8 Å². The third-order valence-electron chi connectivity index (χ3n) is 2.10. The summed E-state index contributed by atoms with van der Waals surface area (Å²) in [6.45, 7) is 5.67. The van der Waals surface area contributed by atoms with Gasteiger partial charge in [-0.15, -0.1) is 0 Å². The van der Waals surface area contributed by atoms with Gasteiger partial charge in [-0.05, 0) is 35.0 Å². The van der Waals surface area contributed by atoms with Crippen molar-refractivity contribution in [2.24, 2.45) is 0 Å². The van der Waals surface area contributed by atoms with Gasteiger partial charge in [0.2, 0.25) is 0 Å². The third kappa shape index (κ3) is 2.91. The highest BCUT2D eigenvalue weighted by Gasteiger charge is 2.23. The van der Waals surface area contributed by atoms with Gasteiger partial charge < -0.3 is 0 Å². The van der Waals surface area contributed by atoms with Crippen LogP contribution in [0.15, 0.2) is 22.8 Å². The predicted octanol–water partition coefficient (Wildman–Crippen LogP) is 3.10. The number of rotatable bonds is 3. The SMILES string of the molecule is CC(=O)CC(C)(C)c1cccc(Br)n1. The van der Waals surface area contributed by atoms with Gasteiger partial charge in [0.15, 0.2) is 0 Å². The fourth-order valence-electron chi connectivity index (χ4n) is 1.50. The van der Waals surface area contributed by atoms with Crippen LogP contribution in [0.4, 0.5) is 0 Å². The zero-order valence-electron chi connectivity index (χ0n) is 8.67. The molecule has 0 aliphatic rings. The van der Waals surface area contributed by atoms with E-state index in [1.165, 1.54) is 0 Å². The first-order valence-corrected chi connectivity index (χ1v) is 5.33. The number of Topliss-reactive ketones (excluding diaryl/α,β-unsaturated/α-hetero) is 1. The summed E-state index contributed by atoms with van der Waals surface area (Å²) in [6.07, 6.45) is 0.524. The minimum atomic E-state index is -0.185. The second kappa shape index (κ2) is 4.22. The molecule has 0 saturated carbocycles. The molecule has 0 unspecified atom stereocenters.